The highest BCUT2D eigenvalue weighted by Gasteiger charge is 2.13. The molecule has 3 N–H and O–H groups in total. The van der Waals surface area contributed by atoms with Gasteiger partial charge < -0.3 is 10.4 Å². The number of hydrogen-bond acceptors (Lipinski definition) is 5. The van der Waals surface area contributed by atoms with E-state index >= 15 is 0 Å². The summed E-state index contributed by atoms with van der Waals surface area (Å²) >= 11 is 1.78. The number of hydrazone groups is 1. The highest BCUT2D eigenvalue weighted by atomic mass is 127. The highest BCUT2D eigenvalue weighted by Crippen LogP contribution is 2.28. The molecule has 0 aliphatic rings. The Hall–Kier alpha value is -2.69. The van der Waals surface area contributed by atoms with Gasteiger partial charge in [0.05, 0.1) is 14.7 Å². The summed E-state index contributed by atoms with van der Waals surface area (Å²) in [7, 11) is 0. The van der Waals surface area contributed by atoms with Gasteiger partial charge in [-0.15, -0.1) is 0 Å². The van der Waals surface area contributed by atoms with E-state index in [2.05, 4.69) is 15.8 Å². The van der Waals surface area contributed by atoms with Gasteiger partial charge in [-0.3, -0.25) is 10.1 Å². The quantitative estimate of drug-likeness (QED) is 0.293. The number of non-ortho nitro benzene ring substituents is 1. The minimum absolute atomic E-state index is 0.129. The molecule has 2 amide bonds. The zero-order valence-corrected chi connectivity index (χ0v) is 14.6. The van der Waals surface area contributed by atoms with Gasteiger partial charge in [-0.05, 0) is 41.1 Å². The van der Waals surface area contributed by atoms with E-state index in [9.17, 15) is 20.0 Å². The number of carbonyl (C=O) groups excluding carboxylic acids is 1. The number of phenols is 1. The van der Waals surface area contributed by atoms with Crippen LogP contribution in [0.4, 0.5) is 16.2 Å². The smallest absolute Gasteiger partial charge is 0.339 e. The molecule has 2 aromatic rings. The first-order valence-corrected chi connectivity index (χ1v) is 7.79. The Labute approximate surface area is 150 Å². The molecule has 9 heteroatoms. The molecule has 0 saturated carbocycles. The fourth-order valence-electron chi connectivity index (χ4n) is 1.83. The fraction of sp³-hybridized carbons (Fsp3) is 0.0667. The normalized spacial score (nSPS) is 10.6. The van der Waals surface area contributed by atoms with Crippen molar-refractivity contribution in [3.05, 3.63) is 61.2 Å². The Kier molecular flexibility index (Phi) is 5.68. The minimum Gasteiger partial charge on any atom is -0.506 e. The predicted octanol–water partition coefficient (Wildman–Crippen LogP) is 3.37. The Morgan fingerprint density at radius 3 is 2.75 bits per heavy atom. The van der Waals surface area contributed by atoms with Gasteiger partial charge in [-0.1, -0.05) is 18.2 Å². The van der Waals surface area contributed by atoms with Gasteiger partial charge in [-0.25, -0.2) is 10.2 Å². The second-order valence-electron chi connectivity index (χ2n) is 4.76. The molecule has 2 rings (SSSR count). The van der Waals surface area contributed by atoms with Crippen LogP contribution < -0.4 is 10.7 Å². The molecule has 0 fully saturated rings. The molecular weight excluding hydrogens is 427 g/mol. The average Bonchev–Trinajstić information content (AvgIpc) is 2.53. The number of amides is 2. The van der Waals surface area contributed by atoms with E-state index in [1.807, 2.05) is 19.1 Å². The van der Waals surface area contributed by atoms with Crippen LogP contribution >= 0.6 is 22.6 Å². The van der Waals surface area contributed by atoms with Crippen molar-refractivity contribution in [1.29, 1.82) is 0 Å². The van der Waals surface area contributed by atoms with Crippen LogP contribution in [0, 0.1) is 20.6 Å². The number of rotatable bonds is 4. The topological polar surface area (TPSA) is 117 Å². The van der Waals surface area contributed by atoms with E-state index in [-0.39, 0.29) is 17.0 Å². The Bertz CT molecular complexity index is 823. The molecule has 0 radical (unpaired) electrons. The number of anilines is 1. The molecule has 0 aliphatic carbocycles. The molecule has 0 atom stereocenters. The summed E-state index contributed by atoms with van der Waals surface area (Å²) in [5.41, 5.74) is 3.72. The molecule has 24 heavy (non-hydrogen) atoms. The molecule has 0 heterocycles. The lowest BCUT2D eigenvalue weighted by Crippen LogP contribution is -2.24. The van der Waals surface area contributed by atoms with Crippen molar-refractivity contribution in [3.8, 4) is 5.75 Å². The van der Waals surface area contributed by atoms with Crippen LogP contribution in [-0.4, -0.2) is 22.3 Å². The third kappa shape index (κ3) is 4.41. The number of aryl methyl sites for hydroxylation is 1. The van der Waals surface area contributed by atoms with Crippen molar-refractivity contribution in [2.75, 3.05) is 5.32 Å². The van der Waals surface area contributed by atoms with Gasteiger partial charge in [0.15, 0.2) is 0 Å². The summed E-state index contributed by atoms with van der Waals surface area (Å²) < 4.78 is 0.313. The molecule has 0 aliphatic heterocycles. The van der Waals surface area contributed by atoms with Crippen LogP contribution in [0.15, 0.2) is 41.5 Å². The number of urea groups is 1. The largest absolute Gasteiger partial charge is 0.506 e. The zero-order chi connectivity index (χ0) is 17.7. The summed E-state index contributed by atoms with van der Waals surface area (Å²) in [4.78, 5) is 22.0. The van der Waals surface area contributed by atoms with Gasteiger partial charge >= 0.3 is 6.03 Å². The van der Waals surface area contributed by atoms with Gasteiger partial charge in [0.25, 0.3) is 5.69 Å². The molecule has 124 valence electrons. The third-order valence-electron chi connectivity index (χ3n) is 3.05. The number of benzene rings is 2. The molecule has 0 bridgehead atoms. The summed E-state index contributed by atoms with van der Waals surface area (Å²) in [6.07, 6.45) is 1.14. The first-order chi connectivity index (χ1) is 11.4. The number of nitrogens with zero attached hydrogens (tertiary/aromatic N) is 2. The Balaban J connectivity index is 2.07. The van der Waals surface area contributed by atoms with E-state index in [0.29, 0.717) is 9.26 Å². The van der Waals surface area contributed by atoms with Crippen LogP contribution in [0.5, 0.6) is 5.75 Å². The van der Waals surface area contributed by atoms with Gasteiger partial charge in [-0.2, -0.15) is 5.10 Å². The van der Waals surface area contributed by atoms with Gasteiger partial charge in [0, 0.05) is 23.4 Å². The van der Waals surface area contributed by atoms with E-state index in [1.54, 1.807) is 34.7 Å². The minimum atomic E-state index is -0.572. The summed E-state index contributed by atoms with van der Waals surface area (Å²) in [6, 6.07) is 9.07. The second-order valence-corrected chi connectivity index (χ2v) is 5.92. The monoisotopic (exact) mass is 440 g/mol. The van der Waals surface area contributed by atoms with Crippen molar-refractivity contribution in [1.82, 2.24) is 5.43 Å². The van der Waals surface area contributed by atoms with Crippen molar-refractivity contribution < 1.29 is 14.8 Å². The van der Waals surface area contributed by atoms with Crippen LogP contribution in [0.2, 0.25) is 0 Å². The lowest BCUT2D eigenvalue weighted by Gasteiger charge is -2.07. The summed E-state index contributed by atoms with van der Waals surface area (Å²) in [5, 5.41) is 27.0. The molecule has 2 aromatic carbocycles. The second kappa shape index (κ2) is 7.73. The lowest BCUT2D eigenvalue weighted by atomic mass is 10.2. The number of nitro groups is 1. The lowest BCUT2D eigenvalue weighted by molar-refractivity contribution is -0.385. The molecule has 0 saturated heterocycles. The number of hydrogen-bond donors (Lipinski definition) is 3. The third-order valence-corrected chi connectivity index (χ3v) is 3.87. The van der Waals surface area contributed by atoms with Crippen LogP contribution in [0.25, 0.3) is 0 Å². The summed E-state index contributed by atoms with van der Waals surface area (Å²) in [6.45, 7) is 1.85. The van der Waals surface area contributed by atoms with E-state index in [0.717, 1.165) is 11.8 Å². The van der Waals surface area contributed by atoms with Gasteiger partial charge in [0.2, 0.25) is 0 Å². The Morgan fingerprint density at radius 1 is 1.38 bits per heavy atom. The maximum Gasteiger partial charge on any atom is 0.339 e. The number of carbonyl (C=O) groups is 1. The molecule has 8 nitrogen and oxygen atoms in total. The maximum atomic E-state index is 11.8. The number of nitrogens with one attached hydrogen (secondary N) is 2. The Morgan fingerprint density at radius 2 is 2.08 bits per heavy atom. The summed E-state index contributed by atoms with van der Waals surface area (Å²) in [5.74, 6) is -0.147. The van der Waals surface area contributed by atoms with E-state index < -0.39 is 11.0 Å². The first kappa shape index (κ1) is 17.7. The number of nitro benzene ring substituents is 1. The zero-order valence-electron chi connectivity index (χ0n) is 12.5. The maximum absolute atomic E-state index is 11.8. The van der Waals surface area contributed by atoms with E-state index in [4.69, 9.17) is 0 Å². The first-order valence-electron chi connectivity index (χ1n) is 6.71. The molecule has 0 spiro atoms. The van der Waals surface area contributed by atoms with Crippen LogP contribution in [0.3, 0.4) is 0 Å². The van der Waals surface area contributed by atoms with Crippen molar-refractivity contribution in [2.45, 2.75) is 6.92 Å². The molecule has 0 aromatic heterocycles. The number of halogens is 1. The van der Waals surface area contributed by atoms with Crippen molar-refractivity contribution in [2.24, 2.45) is 5.10 Å². The van der Waals surface area contributed by atoms with Crippen molar-refractivity contribution >= 4 is 46.2 Å². The van der Waals surface area contributed by atoms with Crippen LogP contribution in [0.1, 0.15) is 11.1 Å². The highest BCUT2D eigenvalue weighted by molar-refractivity contribution is 14.1. The number of phenolic OH excluding ortho intramolecular Hbond substituents is 1. The molecule has 0 unspecified atom stereocenters. The predicted molar refractivity (Wildman–Crippen MR) is 98.4 cm³/mol. The SMILES string of the molecule is Cc1ccccc1NC(=O)NN=Cc1cc([N+](=O)[O-])cc(I)c1O. The number of para-hydroxylation sites is 1. The van der Waals surface area contributed by atoms with Crippen molar-refractivity contribution in [3.63, 3.8) is 0 Å². The number of aromatic hydroxyl groups is 1. The van der Waals surface area contributed by atoms with Gasteiger partial charge in [0.1, 0.15) is 5.75 Å². The average molecular weight is 440 g/mol. The van der Waals surface area contributed by atoms with E-state index in [1.165, 1.54) is 12.1 Å². The van der Waals surface area contributed by atoms with Crippen LogP contribution in [-0.2, 0) is 0 Å². The molecular formula is C15H13IN4O4. The fourth-order valence-corrected chi connectivity index (χ4v) is 2.46. The standard InChI is InChI=1S/C15H13IN4O4/c1-9-4-2-3-5-13(9)18-15(22)19-17-8-10-6-11(20(23)24)7-12(16)14(10)21/h2-8,21H,1H3,(H2,18,19,22).